The Labute approximate surface area is 154 Å². The predicted octanol–water partition coefficient (Wildman–Crippen LogP) is 4.26. The first-order chi connectivity index (χ1) is 12.2. The van der Waals surface area contributed by atoms with Gasteiger partial charge in [0.1, 0.15) is 11.1 Å². The van der Waals surface area contributed by atoms with Gasteiger partial charge in [-0.05, 0) is 51.3 Å². The quantitative estimate of drug-likeness (QED) is 0.818. The van der Waals surface area contributed by atoms with Crippen molar-refractivity contribution in [1.29, 1.82) is 0 Å². The fourth-order valence-electron chi connectivity index (χ4n) is 3.21. The number of oxazole rings is 1. The molecule has 0 unspecified atom stereocenters. The standard InChI is InChI=1S/C20H28N2O4/c1-19(2,3)26-18(23)22-10-8-20(4,9-11-22)17-21-15-12-14(13-24-5)6-7-16(15)25-17/h6-7,12H,8-11,13H2,1-5H3. The lowest BCUT2D eigenvalue weighted by Crippen LogP contribution is -2.45. The Kier molecular flexibility index (Phi) is 4.97. The van der Waals surface area contributed by atoms with Crippen LogP contribution >= 0.6 is 0 Å². The highest BCUT2D eigenvalue weighted by Crippen LogP contribution is 2.36. The Bertz CT molecular complexity index is 783. The number of amides is 1. The fraction of sp³-hybridized carbons (Fsp3) is 0.600. The molecule has 0 spiro atoms. The molecule has 1 fully saturated rings. The minimum atomic E-state index is -0.474. The molecule has 0 atom stereocenters. The Morgan fingerprint density at radius 3 is 2.62 bits per heavy atom. The number of benzene rings is 1. The highest BCUT2D eigenvalue weighted by Gasteiger charge is 2.38. The summed E-state index contributed by atoms with van der Waals surface area (Å²) in [5.74, 6) is 0.742. The molecule has 1 saturated heterocycles. The van der Waals surface area contributed by atoms with Gasteiger partial charge in [-0.3, -0.25) is 0 Å². The van der Waals surface area contributed by atoms with Crippen molar-refractivity contribution in [3.8, 4) is 0 Å². The molecule has 6 heteroatoms. The monoisotopic (exact) mass is 360 g/mol. The number of likely N-dealkylation sites (tertiary alicyclic amines) is 1. The maximum Gasteiger partial charge on any atom is 0.410 e. The lowest BCUT2D eigenvalue weighted by atomic mass is 9.80. The zero-order valence-corrected chi connectivity index (χ0v) is 16.3. The molecule has 0 aliphatic carbocycles. The van der Waals surface area contributed by atoms with Crippen LogP contribution in [0.25, 0.3) is 11.1 Å². The van der Waals surface area contributed by atoms with Crippen molar-refractivity contribution < 1.29 is 18.7 Å². The molecule has 1 aromatic heterocycles. The fourth-order valence-corrected chi connectivity index (χ4v) is 3.21. The molecular formula is C20H28N2O4. The summed E-state index contributed by atoms with van der Waals surface area (Å²) in [6, 6.07) is 5.94. The second-order valence-corrected chi connectivity index (χ2v) is 8.28. The Balaban J connectivity index is 1.72. The van der Waals surface area contributed by atoms with E-state index >= 15 is 0 Å². The summed E-state index contributed by atoms with van der Waals surface area (Å²) < 4.78 is 16.7. The van der Waals surface area contributed by atoms with Crippen molar-refractivity contribution in [2.75, 3.05) is 20.2 Å². The van der Waals surface area contributed by atoms with Gasteiger partial charge < -0.3 is 18.8 Å². The summed E-state index contributed by atoms with van der Waals surface area (Å²) in [5.41, 5.74) is 2.06. The van der Waals surface area contributed by atoms with Crippen LogP contribution in [0.5, 0.6) is 0 Å². The smallest absolute Gasteiger partial charge is 0.410 e. The topological polar surface area (TPSA) is 64.8 Å². The summed E-state index contributed by atoms with van der Waals surface area (Å²) in [6.07, 6.45) is 1.34. The minimum Gasteiger partial charge on any atom is -0.444 e. The van der Waals surface area contributed by atoms with Gasteiger partial charge in [-0.1, -0.05) is 13.0 Å². The molecule has 6 nitrogen and oxygen atoms in total. The van der Waals surface area contributed by atoms with Crippen molar-refractivity contribution in [3.63, 3.8) is 0 Å². The zero-order valence-electron chi connectivity index (χ0n) is 16.3. The minimum absolute atomic E-state index is 0.182. The lowest BCUT2D eigenvalue weighted by molar-refractivity contribution is 0.0160. The average molecular weight is 360 g/mol. The summed E-state index contributed by atoms with van der Waals surface area (Å²) in [4.78, 5) is 18.7. The van der Waals surface area contributed by atoms with Crippen LogP contribution < -0.4 is 0 Å². The number of ether oxygens (including phenoxy) is 2. The predicted molar refractivity (Wildman–Crippen MR) is 99.1 cm³/mol. The zero-order chi connectivity index (χ0) is 18.9. The van der Waals surface area contributed by atoms with E-state index in [-0.39, 0.29) is 11.5 Å². The van der Waals surface area contributed by atoms with Crippen molar-refractivity contribution in [1.82, 2.24) is 9.88 Å². The number of carbonyl (C=O) groups excluding carboxylic acids is 1. The van der Waals surface area contributed by atoms with Crippen LogP contribution in [0.1, 0.15) is 52.0 Å². The maximum absolute atomic E-state index is 12.3. The van der Waals surface area contributed by atoms with Gasteiger partial charge in [0.2, 0.25) is 5.89 Å². The van der Waals surface area contributed by atoms with Crippen LogP contribution in [0, 0.1) is 0 Å². The number of hydrogen-bond acceptors (Lipinski definition) is 5. The van der Waals surface area contributed by atoms with Gasteiger partial charge in [0.05, 0.1) is 6.61 Å². The van der Waals surface area contributed by atoms with E-state index in [1.54, 1.807) is 12.0 Å². The van der Waals surface area contributed by atoms with Gasteiger partial charge in [0.25, 0.3) is 0 Å². The Hall–Kier alpha value is -2.08. The molecule has 2 heterocycles. The average Bonchev–Trinajstić information content (AvgIpc) is 2.98. The van der Waals surface area contributed by atoms with E-state index in [0.717, 1.165) is 35.4 Å². The largest absolute Gasteiger partial charge is 0.444 e. The van der Waals surface area contributed by atoms with Gasteiger partial charge in [0, 0.05) is 25.6 Å². The molecule has 26 heavy (non-hydrogen) atoms. The van der Waals surface area contributed by atoms with E-state index in [2.05, 4.69) is 6.92 Å². The molecule has 1 amide bonds. The molecule has 1 aliphatic heterocycles. The van der Waals surface area contributed by atoms with E-state index in [1.165, 1.54) is 0 Å². The first kappa shape index (κ1) is 18.7. The number of methoxy groups -OCH3 is 1. The first-order valence-electron chi connectivity index (χ1n) is 9.07. The molecule has 3 rings (SSSR count). The molecular weight excluding hydrogens is 332 g/mol. The summed E-state index contributed by atoms with van der Waals surface area (Å²) >= 11 is 0. The molecule has 1 aromatic carbocycles. The first-order valence-corrected chi connectivity index (χ1v) is 9.07. The molecule has 0 N–H and O–H groups in total. The highest BCUT2D eigenvalue weighted by molar-refractivity contribution is 5.73. The Morgan fingerprint density at radius 1 is 1.31 bits per heavy atom. The SMILES string of the molecule is COCc1ccc2oc(C3(C)CCN(C(=O)OC(C)(C)C)CC3)nc2c1. The number of piperidine rings is 1. The van der Waals surface area contributed by atoms with Gasteiger partial charge >= 0.3 is 6.09 Å². The van der Waals surface area contributed by atoms with Gasteiger partial charge in [0.15, 0.2) is 5.58 Å². The molecule has 0 radical (unpaired) electrons. The van der Waals surface area contributed by atoms with Crippen molar-refractivity contribution in [2.45, 2.75) is 58.2 Å². The van der Waals surface area contributed by atoms with E-state index in [1.807, 2.05) is 39.0 Å². The van der Waals surface area contributed by atoms with Crippen LogP contribution in [0.2, 0.25) is 0 Å². The van der Waals surface area contributed by atoms with Crippen molar-refractivity contribution in [2.24, 2.45) is 0 Å². The Morgan fingerprint density at radius 2 is 2.00 bits per heavy atom. The van der Waals surface area contributed by atoms with Gasteiger partial charge in [-0.25, -0.2) is 9.78 Å². The number of hydrogen-bond donors (Lipinski definition) is 0. The van der Waals surface area contributed by atoms with Crippen LogP contribution in [0.15, 0.2) is 22.6 Å². The summed E-state index contributed by atoms with van der Waals surface area (Å²) in [7, 11) is 1.68. The third-order valence-electron chi connectivity index (χ3n) is 4.80. The molecule has 2 aromatic rings. The van der Waals surface area contributed by atoms with Crippen LogP contribution in [-0.4, -0.2) is 41.8 Å². The van der Waals surface area contributed by atoms with Crippen LogP contribution in [0.3, 0.4) is 0 Å². The second-order valence-electron chi connectivity index (χ2n) is 8.28. The van der Waals surface area contributed by atoms with E-state index in [9.17, 15) is 4.79 Å². The van der Waals surface area contributed by atoms with Crippen molar-refractivity contribution in [3.05, 3.63) is 29.7 Å². The van der Waals surface area contributed by atoms with Crippen LogP contribution in [-0.2, 0) is 21.5 Å². The molecule has 0 bridgehead atoms. The number of nitrogens with zero attached hydrogens (tertiary/aromatic N) is 2. The van der Waals surface area contributed by atoms with Crippen molar-refractivity contribution >= 4 is 17.2 Å². The number of aromatic nitrogens is 1. The molecule has 0 saturated carbocycles. The number of carbonyl (C=O) groups is 1. The molecule has 142 valence electrons. The summed E-state index contributed by atoms with van der Waals surface area (Å²) in [5, 5.41) is 0. The molecule has 1 aliphatic rings. The lowest BCUT2D eigenvalue weighted by Gasteiger charge is -2.37. The van der Waals surface area contributed by atoms with E-state index < -0.39 is 5.60 Å². The third-order valence-corrected chi connectivity index (χ3v) is 4.80. The highest BCUT2D eigenvalue weighted by atomic mass is 16.6. The maximum atomic E-state index is 12.3. The third kappa shape index (κ3) is 4.01. The number of rotatable bonds is 3. The van der Waals surface area contributed by atoms with Gasteiger partial charge in [-0.2, -0.15) is 0 Å². The van der Waals surface area contributed by atoms with Gasteiger partial charge in [-0.15, -0.1) is 0 Å². The normalized spacial score (nSPS) is 17.5. The van der Waals surface area contributed by atoms with E-state index in [4.69, 9.17) is 18.9 Å². The summed E-state index contributed by atoms with van der Waals surface area (Å²) in [6.45, 7) is 9.64. The van der Waals surface area contributed by atoms with Crippen LogP contribution in [0.4, 0.5) is 4.79 Å². The van der Waals surface area contributed by atoms with E-state index in [0.29, 0.717) is 19.7 Å². The second kappa shape index (κ2) is 6.91. The number of fused-ring (bicyclic) bond motifs is 1.